The first-order valence-corrected chi connectivity index (χ1v) is 9.11. The van der Waals surface area contributed by atoms with E-state index in [4.69, 9.17) is 18.9 Å². The third-order valence-corrected chi connectivity index (χ3v) is 4.61. The van der Waals surface area contributed by atoms with Crippen LogP contribution in [0.1, 0.15) is 18.4 Å². The molecule has 8 heteroatoms. The van der Waals surface area contributed by atoms with Crippen LogP contribution in [0.25, 0.3) is 6.08 Å². The number of aromatic nitrogens is 2. The minimum atomic E-state index is -0.151. The second kappa shape index (κ2) is 8.16. The molecule has 1 amide bonds. The molecular weight excluding hydrogens is 362 g/mol. The molecule has 1 fully saturated rings. The van der Waals surface area contributed by atoms with Gasteiger partial charge < -0.3 is 23.8 Å². The highest BCUT2D eigenvalue weighted by Gasteiger charge is 2.25. The van der Waals surface area contributed by atoms with Gasteiger partial charge >= 0.3 is 0 Å². The van der Waals surface area contributed by atoms with Crippen molar-refractivity contribution >= 4 is 12.0 Å². The molecule has 0 N–H and O–H groups in total. The molecule has 3 heterocycles. The highest BCUT2D eigenvalue weighted by atomic mass is 16.7. The maximum Gasteiger partial charge on any atom is 0.278 e. The van der Waals surface area contributed by atoms with Crippen molar-refractivity contribution in [2.24, 2.45) is 0 Å². The zero-order valence-electron chi connectivity index (χ0n) is 15.5. The maximum atomic E-state index is 12.6. The largest absolute Gasteiger partial charge is 0.477 e. The fourth-order valence-electron chi connectivity index (χ4n) is 3.22. The Morgan fingerprint density at radius 3 is 2.89 bits per heavy atom. The van der Waals surface area contributed by atoms with Crippen LogP contribution >= 0.6 is 0 Å². The fourth-order valence-corrected chi connectivity index (χ4v) is 3.22. The highest BCUT2D eigenvalue weighted by Crippen LogP contribution is 2.32. The Balaban J connectivity index is 1.38. The summed E-state index contributed by atoms with van der Waals surface area (Å²) in [4.78, 5) is 22.6. The summed E-state index contributed by atoms with van der Waals surface area (Å²) < 4.78 is 21.8. The van der Waals surface area contributed by atoms with Crippen molar-refractivity contribution in [2.75, 3.05) is 27.0 Å². The van der Waals surface area contributed by atoms with Gasteiger partial charge in [0, 0.05) is 25.0 Å². The molecule has 28 heavy (non-hydrogen) atoms. The van der Waals surface area contributed by atoms with E-state index < -0.39 is 0 Å². The number of amides is 1. The fraction of sp³-hybridized carbons (Fsp3) is 0.350. The van der Waals surface area contributed by atoms with Crippen LogP contribution in [0.2, 0.25) is 0 Å². The molecule has 0 bridgehead atoms. The van der Waals surface area contributed by atoms with Crippen molar-refractivity contribution in [1.29, 1.82) is 0 Å². The van der Waals surface area contributed by atoms with Crippen molar-refractivity contribution in [3.8, 4) is 23.3 Å². The predicted octanol–water partition coefficient (Wildman–Crippen LogP) is 2.30. The Kier molecular flexibility index (Phi) is 5.27. The molecule has 8 nitrogen and oxygen atoms in total. The predicted molar refractivity (Wildman–Crippen MR) is 100 cm³/mol. The summed E-state index contributed by atoms with van der Waals surface area (Å²) in [5.41, 5.74) is 0.881. The molecule has 2 aromatic rings. The van der Waals surface area contributed by atoms with Gasteiger partial charge in [0.1, 0.15) is 6.10 Å². The van der Waals surface area contributed by atoms with Crippen molar-refractivity contribution in [1.82, 2.24) is 14.9 Å². The van der Waals surface area contributed by atoms with Crippen LogP contribution in [0, 0.1) is 0 Å². The van der Waals surface area contributed by atoms with Gasteiger partial charge in [-0.05, 0) is 36.6 Å². The number of piperidine rings is 1. The van der Waals surface area contributed by atoms with Gasteiger partial charge in [0.25, 0.3) is 11.8 Å². The molecule has 0 radical (unpaired) electrons. The Morgan fingerprint density at radius 2 is 2.04 bits per heavy atom. The SMILES string of the molecule is COc1nccnc1OC1CCCN(C(=O)/C=C/c2ccc3c(c2)OCO3)C1. The van der Waals surface area contributed by atoms with E-state index in [1.54, 1.807) is 29.4 Å². The van der Waals surface area contributed by atoms with E-state index >= 15 is 0 Å². The second-order valence-electron chi connectivity index (χ2n) is 6.48. The number of methoxy groups -OCH3 is 1. The molecule has 1 aromatic heterocycles. The number of nitrogens with zero attached hydrogens (tertiary/aromatic N) is 3. The van der Waals surface area contributed by atoms with Crippen LogP contribution in [-0.4, -0.2) is 53.9 Å². The lowest BCUT2D eigenvalue weighted by Gasteiger charge is -2.32. The zero-order chi connectivity index (χ0) is 19.3. The number of hydrogen-bond acceptors (Lipinski definition) is 7. The van der Waals surface area contributed by atoms with E-state index in [0.29, 0.717) is 30.6 Å². The van der Waals surface area contributed by atoms with Crippen LogP contribution in [-0.2, 0) is 4.79 Å². The molecule has 0 spiro atoms. The van der Waals surface area contributed by atoms with E-state index in [0.717, 1.165) is 24.2 Å². The molecule has 1 saturated heterocycles. The minimum absolute atomic E-state index is 0.0583. The molecule has 1 unspecified atom stereocenters. The molecule has 1 aromatic carbocycles. The van der Waals surface area contributed by atoms with E-state index in [1.165, 1.54) is 7.11 Å². The van der Waals surface area contributed by atoms with Crippen molar-refractivity contribution < 1.29 is 23.7 Å². The molecular formula is C20H21N3O5. The average molecular weight is 383 g/mol. The Bertz CT molecular complexity index is 886. The number of rotatable bonds is 5. The lowest BCUT2D eigenvalue weighted by molar-refractivity contribution is -0.128. The quantitative estimate of drug-likeness (QED) is 0.733. The first-order chi connectivity index (χ1) is 13.7. The van der Waals surface area contributed by atoms with Crippen LogP contribution in [0.5, 0.6) is 23.3 Å². The molecule has 0 aliphatic carbocycles. The second-order valence-corrected chi connectivity index (χ2v) is 6.48. The maximum absolute atomic E-state index is 12.6. The summed E-state index contributed by atoms with van der Waals surface area (Å²) in [6.07, 6.45) is 8.00. The van der Waals surface area contributed by atoms with E-state index in [9.17, 15) is 4.79 Å². The van der Waals surface area contributed by atoms with Gasteiger partial charge in [-0.1, -0.05) is 6.07 Å². The van der Waals surface area contributed by atoms with Crippen molar-refractivity contribution in [3.05, 3.63) is 42.2 Å². The number of benzene rings is 1. The number of carbonyl (C=O) groups excluding carboxylic acids is 1. The highest BCUT2D eigenvalue weighted by molar-refractivity contribution is 5.92. The third-order valence-electron chi connectivity index (χ3n) is 4.61. The van der Waals surface area contributed by atoms with Crippen LogP contribution in [0.15, 0.2) is 36.7 Å². The Hall–Kier alpha value is -3.29. The molecule has 2 aliphatic heterocycles. The summed E-state index contributed by atoms with van der Waals surface area (Å²) in [6, 6.07) is 5.58. The van der Waals surface area contributed by atoms with E-state index in [2.05, 4.69) is 9.97 Å². The third kappa shape index (κ3) is 4.00. The first kappa shape index (κ1) is 18.1. The summed E-state index contributed by atoms with van der Waals surface area (Å²) in [7, 11) is 1.52. The summed E-state index contributed by atoms with van der Waals surface area (Å²) in [6.45, 7) is 1.42. The van der Waals surface area contributed by atoms with Crippen LogP contribution in [0.3, 0.4) is 0 Å². The molecule has 4 rings (SSSR count). The number of hydrogen-bond donors (Lipinski definition) is 0. The van der Waals surface area contributed by atoms with Crippen molar-refractivity contribution in [3.63, 3.8) is 0 Å². The summed E-state index contributed by atoms with van der Waals surface area (Å²) in [5.74, 6) is 2.05. The first-order valence-electron chi connectivity index (χ1n) is 9.11. The van der Waals surface area contributed by atoms with Gasteiger partial charge in [-0.15, -0.1) is 0 Å². The smallest absolute Gasteiger partial charge is 0.278 e. The van der Waals surface area contributed by atoms with E-state index in [1.807, 2.05) is 18.2 Å². The van der Waals surface area contributed by atoms with Crippen LogP contribution in [0.4, 0.5) is 0 Å². The molecule has 1 atom stereocenters. The molecule has 0 saturated carbocycles. The van der Waals surface area contributed by atoms with Crippen molar-refractivity contribution in [2.45, 2.75) is 18.9 Å². The number of likely N-dealkylation sites (tertiary alicyclic amines) is 1. The standard InChI is InChI=1S/C20H21N3O5/c1-25-19-20(22-9-8-21-19)28-15-3-2-10-23(12-15)18(24)7-5-14-4-6-16-17(11-14)27-13-26-16/h4-9,11,15H,2-3,10,12-13H2,1H3/b7-5+. The normalized spacial score (nSPS) is 18.3. The van der Waals surface area contributed by atoms with Gasteiger partial charge in [-0.2, -0.15) is 0 Å². The minimum Gasteiger partial charge on any atom is -0.477 e. The van der Waals surface area contributed by atoms with E-state index in [-0.39, 0.29) is 18.8 Å². The number of fused-ring (bicyclic) bond motifs is 1. The van der Waals surface area contributed by atoms with Gasteiger partial charge in [0.2, 0.25) is 12.7 Å². The summed E-state index contributed by atoms with van der Waals surface area (Å²) >= 11 is 0. The van der Waals surface area contributed by atoms with Gasteiger partial charge in [0.05, 0.1) is 13.7 Å². The van der Waals surface area contributed by atoms with Crippen LogP contribution < -0.4 is 18.9 Å². The molecule has 146 valence electrons. The Labute approximate surface area is 162 Å². The number of carbonyl (C=O) groups is 1. The number of ether oxygens (including phenoxy) is 4. The zero-order valence-corrected chi connectivity index (χ0v) is 15.5. The lowest BCUT2D eigenvalue weighted by Crippen LogP contribution is -2.43. The lowest BCUT2D eigenvalue weighted by atomic mass is 10.1. The summed E-state index contributed by atoms with van der Waals surface area (Å²) in [5, 5.41) is 0. The van der Waals surface area contributed by atoms with Gasteiger partial charge in [-0.3, -0.25) is 4.79 Å². The molecule has 2 aliphatic rings. The monoisotopic (exact) mass is 383 g/mol. The van der Waals surface area contributed by atoms with Gasteiger partial charge in [-0.25, -0.2) is 9.97 Å². The van der Waals surface area contributed by atoms with Gasteiger partial charge in [0.15, 0.2) is 11.5 Å². The topological polar surface area (TPSA) is 83.0 Å². The average Bonchev–Trinajstić information content (AvgIpc) is 3.20. The Morgan fingerprint density at radius 1 is 1.21 bits per heavy atom.